The maximum Gasteiger partial charge on any atom is 0.261 e. The van der Waals surface area contributed by atoms with E-state index in [-0.39, 0.29) is 24.4 Å². The summed E-state index contributed by atoms with van der Waals surface area (Å²) in [5, 5.41) is 6.46. The van der Waals surface area contributed by atoms with Crippen LogP contribution in [0.5, 0.6) is 5.75 Å². The average molecular weight is 345 g/mol. The molecule has 1 aliphatic rings. The minimum Gasteiger partial charge on any atom is -0.481 e. The zero-order valence-electron chi connectivity index (χ0n) is 13.3. The molecular formula is C16H25ClN2O2S. The lowest BCUT2D eigenvalue weighted by Gasteiger charge is -2.31. The number of benzene rings is 1. The molecule has 2 rings (SSSR count). The number of hydrogen-bond donors (Lipinski definition) is 2. The highest BCUT2D eigenvalue weighted by molar-refractivity contribution is 7.98. The topological polar surface area (TPSA) is 50.4 Å². The molecular weight excluding hydrogens is 320 g/mol. The fraction of sp³-hybridized carbons (Fsp3) is 0.562. The van der Waals surface area contributed by atoms with Gasteiger partial charge in [-0.15, -0.1) is 24.2 Å². The number of thioether (sulfide) groups is 1. The highest BCUT2D eigenvalue weighted by atomic mass is 35.5. The van der Waals surface area contributed by atoms with Gasteiger partial charge in [0.05, 0.1) is 0 Å². The molecule has 1 saturated heterocycles. The van der Waals surface area contributed by atoms with Crippen LogP contribution < -0.4 is 15.4 Å². The number of piperidine rings is 1. The molecule has 124 valence electrons. The molecule has 6 heteroatoms. The lowest BCUT2D eigenvalue weighted by molar-refractivity contribution is -0.128. The number of nitrogens with one attached hydrogen (secondary N) is 2. The Labute approximate surface area is 143 Å². The normalized spacial score (nSPS) is 22.3. The van der Waals surface area contributed by atoms with Gasteiger partial charge in [-0.3, -0.25) is 4.79 Å². The monoisotopic (exact) mass is 344 g/mol. The standard InChI is InChI=1S/C16H24N2O2S.ClH/c1-11-15(5-4-10-17-11)18-16(19)12(2)20-13-6-8-14(21-3)9-7-13;/h6-9,11-12,15,17H,4-5,10H2,1-3H3,(H,18,19);1H. The number of halogens is 1. The van der Waals surface area contributed by atoms with Crippen LogP contribution in [-0.2, 0) is 4.79 Å². The first-order valence-electron chi connectivity index (χ1n) is 7.44. The molecule has 0 aliphatic carbocycles. The summed E-state index contributed by atoms with van der Waals surface area (Å²) in [6, 6.07) is 8.31. The Kier molecular flexibility index (Phi) is 8.07. The van der Waals surface area contributed by atoms with Crippen molar-refractivity contribution in [3.63, 3.8) is 0 Å². The third kappa shape index (κ3) is 5.38. The van der Waals surface area contributed by atoms with Gasteiger partial charge in [0, 0.05) is 17.0 Å². The van der Waals surface area contributed by atoms with Crippen molar-refractivity contribution in [2.75, 3.05) is 12.8 Å². The first-order chi connectivity index (χ1) is 10.1. The second kappa shape index (κ2) is 9.28. The maximum atomic E-state index is 12.2. The van der Waals surface area contributed by atoms with E-state index < -0.39 is 6.10 Å². The summed E-state index contributed by atoms with van der Waals surface area (Å²) in [5.41, 5.74) is 0. The van der Waals surface area contributed by atoms with Crippen LogP contribution >= 0.6 is 24.2 Å². The lowest BCUT2D eigenvalue weighted by atomic mass is 10.00. The molecule has 3 atom stereocenters. The predicted molar refractivity (Wildman–Crippen MR) is 94.2 cm³/mol. The maximum absolute atomic E-state index is 12.2. The van der Waals surface area contributed by atoms with Crippen molar-refractivity contribution in [1.82, 2.24) is 10.6 Å². The van der Waals surface area contributed by atoms with E-state index in [1.807, 2.05) is 30.5 Å². The van der Waals surface area contributed by atoms with Crippen molar-refractivity contribution in [3.8, 4) is 5.75 Å². The van der Waals surface area contributed by atoms with Crippen LogP contribution in [0, 0.1) is 0 Å². The van der Waals surface area contributed by atoms with Gasteiger partial charge in [-0.2, -0.15) is 0 Å². The molecule has 22 heavy (non-hydrogen) atoms. The van der Waals surface area contributed by atoms with Gasteiger partial charge >= 0.3 is 0 Å². The Morgan fingerprint density at radius 3 is 2.68 bits per heavy atom. The van der Waals surface area contributed by atoms with Gasteiger partial charge in [-0.1, -0.05) is 0 Å². The number of carbonyl (C=O) groups is 1. The largest absolute Gasteiger partial charge is 0.481 e. The summed E-state index contributed by atoms with van der Waals surface area (Å²) in [7, 11) is 0. The van der Waals surface area contributed by atoms with Crippen molar-refractivity contribution in [3.05, 3.63) is 24.3 Å². The third-order valence-corrected chi connectivity index (χ3v) is 4.57. The first-order valence-corrected chi connectivity index (χ1v) is 8.67. The Morgan fingerprint density at radius 2 is 2.09 bits per heavy atom. The molecule has 0 saturated carbocycles. The highest BCUT2D eigenvalue weighted by Crippen LogP contribution is 2.20. The number of amides is 1. The van der Waals surface area contributed by atoms with Crippen molar-refractivity contribution < 1.29 is 9.53 Å². The Hall–Kier alpha value is -0.910. The minimum atomic E-state index is -0.487. The molecule has 4 nitrogen and oxygen atoms in total. The van der Waals surface area contributed by atoms with Crippen molar-refractivity contribution in [2.24, 2.45) is 0 Å². The Bertz CT molecular complexity index is 470. The second-order valence-electron chi connectivity index (χ2n) is 5.44. The molecule has 0 radical (unpaired) electrons. The Balaban J connectivity index is 0.00000242. The van der Waals surface area contributed by atoms with E-state index in [1.54, 1.807) is 18.7 Å². The van der Waals surface area contributed by atoms with Gasteiger partial charge in [0.2, 0.25) is 0 Å². The summed E-state index contributed by atoms with van der Waals surface area (Å²) in [6.07, 6.45) is 3.67. The number of rotatable bonds is 5. The van der Waals surface area contributed by atoms with Crippen LogP contribution in [0.3, 0.4) is 0 Å². The molecule has 0 aromatic heterocycles. The molecule has 1 fully saturated rings. The molecule has 1 amide bonds. The van der Waals surface area contributed by atoms with Crippen LogP contribution in [-0.4, -0.2) is 36.9 Å². The second-order valence-corrected chi connectivity index (χ2v) is 6.32. The summed E-state index contributed by atoms with van der Waals surface area (Å²) < 4.78 is 5.71. The average Bonchev–Trinajstić information content (AvgIpc) is 2.50. The summed E-state index contributed by atoms with van der Waals surface area (Å²) >= 11 is 1.68. The van der Waals surface area contributed by atoms with E-state index in [1.165, 1.54) is 4.90 Å². The molecule has 3 unspecified atom stereocenters. The van der Waals surface area contributed by atoms with E-state index in [0.717, 1.165) is 25.1 Å². The van der Waals surface area contributed by atoms with Crippen LogP contribution in [0.15, 0.2) is 29.2 Å². The van der Waals surface area contributed by atoms with Gasteiger partial charge < -0.3 is 15.4 Å². The van der Waals surface area contributed by atoms with Crippen molar-refractivity contribution in [1.29, 1.82) is 0 Å². The van der Waals surface area contributed by atoms with Crippen LogP contribution in [0.25, 0.3) is 0 Å². The quantitative estimate of drug-likeness (QED) is 0.806. The number of hydrogen-bond acceptors (Lipinski definition) is 4. The molecule has 0 bridgehead atoms. The summed E-state index contributed by atoms with van der Waals surface area (Å²) in [6.45, 7) is 4.93. The van der Waals surface area contributed by atoms with Gasteiger partial charge in [-0.25, -0.2) is 0 Å². The van der Waals surface area contributed by atoms with E-state index in [0.29, 0.717) is 6.04 Å². The minimum absolute atomic E-state index is 0. The van der Waals surface area contributed by atoms with Gasteiger partial charge in [0.15, 0.2) is 6.10 Å². The van der Waals surface area contributed by atoms with Crippen molar-refractivity contribution in [2.45, 2.75) is 49.8 Å². The Morgan fingerprint density at radius 1 is 1.41 bits per heavy atom. The number of carbonyl (C=O) groups excluding carboxylic acids is 1. The molecule has 1 aliphatic heterocycles. The van der Waals surface area contributed by atoms with Crippen LogP contribution in [0.4, 0.5) is 0 Å². The van der Waals surface area contributed by atoms with Gasteiger partial charge in [0.1, 0.15) is 5.75 Å². The van der Waals surface area contributed by atoms with E-state index >= 15 is 0 Å². The zero-order chi connectivity index (χ0) is 15.2. The van der Waals surface area contributed by atoms with E-state index in [9.17, 15) is 4.79 Å². The molecule has 2 N–H and O–H groups in total. The molecule has 0 spiro atoms. The summed E-state index contributed by atoms with van der Waals surface area (Å²) in [4.78, 5) is 13.4. The third-order valence-electron chi connectivity index (χ3n) is 3.83. The number of ether oxygens (including phenoxy) is 1. The van der Waals surface area contributed by atoms with Crippen LogP contribution in [0.2, 0.25) is 0 Å². The highest BCUT2D eigenvalue weighted by Gasteiger charge is 2.25. The van der Waals surface area contributed by atoms with E-state index in [2.05, 4.69) is 17.6 Å². The van der Waals surface area contributed by atoms with Gasteiger partial charge in [0.25, 0.3) is 5.91 Å². The molecule has 1 aromatic carbocycles. The lowest BCUT2D eigenvalue weighted by Crippen LogP contribution is -2.54. The smallest absolute Gasteiger partial charge is 0.261 e. The fourth-order valence-corrected chi connectivity index (χ4v) is 2.86. The predicted octanol–water partition coefficient (Wildman–Crippen LogP) is 2.85. The molecule has 1 heterocycles. The SMILES string of the molecule is CSc1ccc(OC(C)C(=O)NC2CCCNC2C)cc1.Cl. The fourth-order valence-electron chi connectivity index (χ4n) is 2.45. The van der Waals surface area contributed by atoms with Crippen LogP contribution in [0.1, 0.15) is 26.7 Å². The zero-order valence-corrected chi connectivity index (χ0v) is 14.9. The van der Waals surface area contributed by atoms with Crippen molar-refractivity contribution >= 4 is 30.1 Å². The molecule has 1 aromatic rings. The first kappa shape index (κ1) is 19.1. The van der Waals surface area contributed by atoms with Gasteiger partial charge in [-0.05, 0) is 63.8 Å². The summed E-state index contributed by atoms with van der Waals surface area (Å²) in [5.74, 6) is 0.676. The van der Waals surface area contributed by atoms with E-state index in [4.69, 9.17) is 4.74 Å².